The Hall–Kier alpha value is -3.20. The van der Waals surface area contributed by atoms with Crippen molar-refractivity contribution >= 4 is 27.3 Å². The van der Waals surface area contributed by atoms with Crippen molar-refractivity contribution in [3.63, 3.8) is 0 Å². The summed E-state index contributed by atoms with van der Waals surface area (Å²) < 4.78 is 41.5. The van der Waals surface area contributed by atoms with E-state index in [-0.39, 0.29) is 11.3 Å². The van der Waals surface area contributed by atoms with E-state index in [1.54, 1.807) is 37.3 Å². The van der Waals surface area contributed by atoms with E-state index in [9.17, 15) is 17.6 Å². The van der Waals surface area contributed by atoms with Gasteiger partial charge in [-0.1, -0.05) is 23.8 Å². The number of aryl methyl sites for hydroxylation is 2. The van der Waals surface area contributed by atoms with Crippen LogP contribution in [0.15, 0.2) is 53.7 Å². The second kappa shape index (κ2) is 7.20. The summed E-state index contributed by atoms with van der Waals surface area (Å²) >= 11 is 0. The summed E-state index contributed by atoms with van der Waals surface area (Å²) in [7, 11) is -4.09. The summed E-state index contributed by atoms with van der Waals surface area (Å²) in [4.78, 5) is 12.4. The number of H-pyrrole nitrogens is 1. The number of nitrogens with one attached hydrogen (secondary N) is 3. The van der Waals surface area contributed by atoms with Crippen LogP contribution in [0.2, 0.25) is 0 Å². The molecule has 1 aromatic heterocycles. The zero-order chi connectivity index (χ0) is 19.6. The number of amides is 1. The molecule has 9 heteroatoms. The van der Waals surface area contributed by atoms with Crippen molar-refractivity contribution in [2.75, 3.05) is 10.0 Å². The molecule has 3 aromatic rings. The van der Waals surface area contributed by atoms with Gasteiger partial charge in [0.25, 0.3) is 15.9 Å². The van der Waals surface area contributed by atoms with Gasteiger partial charge in [0.2, 0.25) is 0 Å². The van der Waals surface area contributed by atoms with Gasteiger partial charge < -0.3 is 5.32 Å². The maximum Gasteiger partial charge on any atom is 0.279 e. The Morgan fingerprint density at radius 2 is 1.74 bits per heavy atom. The zero-order valence-corrected chi connectivity index (χ0v) is 15.4. The smallest absolute Gasteiger partial charge is 0.279 e. The van der Waals surface area contributed by atoms with Crippen molar-refractivity contribution in [1.29, 1.82) is 0 Å². The third-order valence-electron chi connectivity index (χ3n) is 3.79. The number of sulfonamides is 1. The van der Waals surface area contributed by atoms with E-state index in [4.69, 9.17) is 0 Å². The van der Waals surface area contributed by atoms with Gasteiger partial charge in [-0.15, -0.1) is 0 Å². The molecule has 0 saturated heterocycles. The average molecular weight is 388 g/mol. The Kier molecular flexibility index (Phi) is 4.95. The molecule has 27 heavy (non-hydrogen) atoms. The maximum absolute atomic E-state index is 13.9. The number of aromatic nitrogens is 2. The van der Waals surface area contributed by atoms with Crippen molar-refractivity contribution in [2.24, 2.45) is 0 Å². The molecule has 2 aromatic carbocycles. The van der Waals surface area contributed by atoms with Crippen LogP contribution in [-0.2, 0) is 10.0 Å². The fourth-order valence-electron chi connectivity index (χ4n) is 2.38. The van der Waals surface area contributed by atoms with Crippen LogP contribution in [-0.4, -0.2) is 24.5 Å². The minimum Gasteiger partial charge on any atom is -0.319 e. The molecule has 0 spiro atoms. The van der Waals surface area contributed by atoms with Gasteiger partial charge in [-0.2, -0.15) is 13.5 Å². The summed E-state index contributed by atoms with van der Waals surface area (Å²) in [5, 5.41) is 7.91. The Morgan fingerprint density at radius 3 is 2.41 bits per heavy atom. The van der Waals surface area contributed by atoms with E-state index in [0.29, 0.717) is 11.3 Å². The Bertz CT molecular complexity index is 1090. The predicted octanol–water partition coefficient (Wildman–Crippen LogP) is 3.22. The van der Waals surface area contributed by atoms with Gasteiger partial charge in [0.05, 0.1) is 17.4 Å². The fourth-order valence-corrected chi connectivity index (χ4v) is 3.54. The lowest BCUT2D eigenvalue weighted by Gasteiger charge is -2.10. The van der Waals surface area contributed by atoms with Crippen LogP contribution in [0.3, 0.4) is 0 Å². The van der Waals surface area contributed by atoms with Crippen LogP contribution in [0.1, 0.15) is 21.5 Å². The van der Waals surface area contributed by atoms with Gasteiger partial charge in [-0.3, -0.25) is 14.6 Å². The van der Waals surface area contributed by atoms with Crippen molar-refractivity contribution in [3.05, 3.63) is 71.2 Å². The number of carbonyl (C=O) groups excluding carboxylic acids is 1. The zero-order valence-electron chi connectivity index (χ0n) is 14.6. The van der Waals surface area contributed by atoms with Crippen LogP contribution >= 0.6 is 0 Å². The Balaban J connectivity index is 1.85. The molecule has 0 fully saturated rings. The molecule has 0 aliphatic heterocycles. The number of nitrogens with zero attached hydrogens (tertiary/aromatic N) is 1. The second-order valence-electron chi connectivity index (χ2n) is 6.02. The van der Waals surface area contributed by atoms with Gasteiger partial charge in [0, 0.05) is 5.69 Å². The van der Waals surface area contributed by atoms with Crippen molar-refractivity contribution in [3.8, 4) is 0 Å². The lowest BCUT2D eigenvalue weighted by molar-refractivity contribution is 0.102. The minimum absolute atomic E-state index is 0.0540. The largest absolute Gasteiger partial charge is 0.319 e. The number of aromatic amines is 1. The highest BCUT2D eigenvalue weighted by molar-refractivity contribution is 7.92. The van der Waals surface area contributed by atoms with Crippen LogP contribution < -0.4 is 10.0 Å². The summed E-state index contributed by atoms with van der Waals surface area (Å²) in [5.74, 6) is -1.41. The van der Waals surface area contributed by atoms with Gasteiger partial charge in [-0.25, -0.2) is 4.39 Å². The normalized spacial score (nSPS) is 11.2. The summed E-state index contributed by atoms with van der Waals surface area (Å²) in [6.07, 6.45) is 1.07. The number of hydrogen-bond acceptors (Lipinski definition) is 4. The average Bonchev–Trinajstić information content (AvgIpc) is 3.10. The molecule has 0 unspecified atom stereocenters. The van der Waals surface area contributed by atoms with Gasteiger partial charge in [0.1, 0.15) is 5.82 Å². The van der Waals surface area contributed by atoms with E-state index in [1.807, 2.05) is 6.92 Å². The van der Waals surface area contributed by atoms with Crippen molar-refractivity contribution < 1.29 is 17.6 Å². The Morgan fingerprint density at radius 1 is 1.07 bits per heavy atom. The second-order valence-corrected chi connectivity index (χ2v) is 7.64. The molecule has 3 N–H and O–H groups in total. The maximum atomic E-state index is 13.9. The molecular weight excluding hydrogens is 371 g/mol. The lowest BCUT2D eigenvalue weighted by Crippen LogP contribution is -2.20. The quantitative estimate of drug-likeness (QED) is 0.624. The van der Waals surface area contributed by atoms with Crippen molar-refractivity contribution in [1.82, 2.24) is 10.2 Å². The molecule has 0 aliphatic carbocycles. The van der Waals surface area contributed by atoms with Gasteiger partial charge in [-0.05, 0) is 43.7 Å². The first-order valence-corrected chi connectivity index (χ1v) is 9.45. The molecule has 0 bridgehead atoms. The van der Waals surface area contributed by atoms with E-state index >= 15 is 0 Å². The molecule has 7 nitrogen and oxygen atoms in total. The molecule has 3 rings (SSSR count). The number of carbonyl (C=O) groups is 1. The number of halogens is 1. The van der Waals surface area contributed by atoms with E-state index in [1.165, 1.54) is 12.1 Å². The molecule has 0 atom stereocenters. The highest BCUT2D eigenvalue weighted by Gasteiger charge is 2.25. The van der Waals surface area contributed by atoms with Crippen LogP contribution in [0, 0.1) is 19.7 Å². The first kappa shape index (κ1) is 18.6. The topological polar surface area (TPSA) is 104 Å². The van der Waals surface area contributed by atoms with Crippen LogP contribution in [0.25, 0.3) is 0 Å². The standard InChI is InChI=1S/C18H17FN4O3S/c1-11-3-6-13(7-4-11)23-27(25,26)18-14(10-20-22-18)17(24)21-16-8-5-12(2)9-15(16)19/h3-10,23H,1-2H3,(H,20,22)(H,21,24). The number of anilines is 2. The Labute approximate surface area is 155 Å². The fraction of sp³-hybridized carbons (Fsp3) is 0.111. The molecule has 0 radical (unpaired) electrons. The van der Waals surface area contributed by atoms with Crippen molar-refractivity contribution in [2.45, 2.75) is 18.9 Å². The summed E-state index contributed by atoms with van der Waals surface area (Å²) in [6, 6.07) is 11.0. The molecule has 1 amide bonds. The minimum atomic E-state index is -4.09. The number of benzene rings is 2. The number of hydrogen-bond donors (Lipinski definition) is 3. The molecule has 0 aliphatic rings. The van der Waals surface area contributed by atoms with Crippen LogP contribution in [0.5, 0.6) is 0 Å². The third kappa shape index (κ3) is 4.14. The molecule has 140 valence electrons. The van der Waals surface area contributed by atoms with Gasteiger partial charge >= 0.3 is 0 Å². The SMILES string of the molecule is Cc1ccc(NS(=O)(=O)c2[nH]ncc2C(=O)Nc2ccc(C)cc2F)cc1. The first-order chi connectivity index (χ1) is 12.8. The first-order valence-electron chi connectivity index (χ1n) is 7.96. The van der Waals surface area contributed by atoms with E-state index < -0.39 is 26.8 Å². The van der Waals surface area contributed by atoms with E-state index in [2.05, 4.69) is 20.2 Å². The highest BCUT2D eigenvalue weighted by Crippen LogP contribution is 2.21. The molecular formula is C18H17FN4O3S. The third-order valence-corrected chi connectivity index (χ3v) is 5.15. The lowest BCUT2D eigenvalue weighted by atomic mass is 10.2. The summed E-state index contributed by atoms with van der Waals surface area (Å²) in [5.41, 5.74) is 1.72. The highest BCUT2D eigenvalue weighted by atomic mass is 32.2. The molecule has 1 heterocycles. The predicted molar refractivity (Wildman–Crippen MR) is 99.7 cm³/mol. The molecule has 0 saturated carbocycles. The van der Waals surface area contributed by atoms with E-state index in [0.717, 1.165) is 11.8 Å². The monoisotopic (exact) mass is 388 g/mol. The van der Waals surface area contributed by atoms with Gasteiger partial charge in [0.15, 0.2) is 5.03 Å². The number of rotatable bonds is 5. The van der Waals surface area contributed by atoms with Crippen LogP contribution in [0.4, 0.5) is 15.8 Å². The summed E-state index contributed by atoms with van der Waals surface area (Å²) in [6.45, 7) is 3.59.